The van der Waals surface area contributed by atoms with Crippen LogP contribution < -0.4 is 0 Å². The van der Waals surface area contributed by atoms with Crippen LogP contribution in [0.5, 0.6) is 0 Å². The number of hydrogen-bond donors (Lipinski definition) is 1. The number of hydrogen-bond acceptors (Lipinski definition) is 1. The first kappa shape index (κ1) is 14.0. The molecule has 0 bridgehead atoms. The van der Waals surface area contributed by atoms with Crippen molar-refractivity contribution in [1.29, 1.82) is 0 Å². The quantitative estimate of drug-likeness (QED) is 0.816. The number of aliphatic hydroxyl groups is 1. The molecule has 18 heavy (non-hydrogen) atoms. The van der Waals surface area contributed by atoms with E-state index in [1.807, 2.05) is 0 Å². The van der Waals surface area contributed by atoms with E-state index in [9.17, 15) is 9.50 Å². The Balaban J connectivity index is 1.96. The van der Waals surface area contributed by atoms with E-state index in [2.05, 4.69) is 15.9 Å². The number of rotatable bonds is 3. The molecular formula is C15H20BrFO. The van der Waals surface area contributed by atoms with E-state index in [1.165, 1.54) is 31.7 Å². The molecule has 1 aromatic carbocycles. The predicted octanol–water partition coefficient (Wildman–Crippen LogP) is 4.46. The van der Waals surface area contributed by atoms with Gasteiger partial charge in [0.1, 0.15) is 5.82 Å². The van der Waals surface area contributed by atoms with Gasteiger partial charge in [0.05, 0.1) is 10.6 Å². The number of halogens is 2. The first-order chi connectivity index (χ1) is 8.66. The smallest absolute Gasteiger partial charge is 0.137 e. The van der Waals surface area contributed by atoms with E-state index in [0.717, 1.165) is 18.4 Å². The molecule has 2 rings (SSSR count). The maximum atomic E-state index is 13.1. The summed E-state index contributed by atoms with van der Waals surface area (Å²) in [7, 11) is 0. The number of aliphatic hydroxyl groups excluding tert-OH is 1. The first-order valence-electron chi connectivity index (χ1n) is 6.79. The molecule has 0 heterocycles. The highest BCUT2D eigenvalue weighted by molar-refractivity contribution is 9.10. The van der Waals surface area contributed by atoms with Crippen LogP contribution in [0.25, 0.3) is 0 Å². The highest BCUT2D eigenvalue weighted by Gasteiger charge is 2.21. The van der Waals surface area contributed by atoms with Crippen molar-refractivity contribution in [1.82, 2.24) is 0 Å². The lowest BCUT2D eigenvalue weighted by Crippen LogP contribution is -2.22. The van der Waals surface area contributed by atoms with E-state index < -0.39 is 0 Å². The van der Waals surface area contributed by atoms with E-state index in [0.29, 0.717) is 16.8 Å². The Hall–Kier alpha value is -0.410. The number of benzene rings is 1. The third-order valence-corrected chi connectivity index (χ3v) is 4.48. The summed E-state index contributed by atoms with van der Waals surface area (Å²) in [6, 6.07) is 4.99. The molecule has 1 atom stereocenters. The molecule has 1 aromatic rings. The van der Waals surface area contributed by atoms with Gasteiger partial charge in [0.15, 0.2) is 0 Å². The molecule has 100 valence electrons. The van der Waals surface area contributed by atoms with Crippen LogP contribution in [0.1, 0.15) is 44.1 Å². The summed E-state index contributed by atoms with van der Waals surface area (Å²) in [5, 5.41) is 10.3. The summed E-state index contributed by atoms with van der Waals surface area (Å²) in [5.74, 6) is 0.166. The van der Waals surface area contributed by atoms with Crippen LogP contribution in [-0.2, 0) is 6.42 Å². The van der Waals surface area contributed by atoms with Crippen molar-refractivity contribution in [2.24, 2.45) is 5.92 Å². The zero-order valence-corrected chi connectivity index (χ0v) is 12.1. The Kier molecular flexibility index (Phi) is 5.19. The van der Waals surface area contributed by atoms with Gasteiger partial charge in [0.2, 0.25) is 0 Å². The average Bonchev–Trinajstić information content (AvgIpc) is 2.62. The second kappa shape index (κ2) is 6.67. The van der Waals surface area contributed by atoms with Crippen molar-refractivity contribution in [3.63, 3.8) is 0 Å². The second-order valence-corrected chi connectivity index (χ2v) is 6.13. The van der Waals surface area contributed by atoms with Crippen LogP contribution in [-0.4, -0.2) is 11.2 Å². The van der Waals surface area contributed by atoms with Gasteiger partial charge >= 0.3 is 0 Å². The molecule has 0 aromatic heterocycles. The molecule has 0 spiro atoms. The maximum absolute atomic E-state index is 13.1. The minimum Gasteiger partial charge on any atom is -0.392 e. The van der Waals surface area contributed by atoms with E-state index in [4.69, 9.17) is 0 Å². The van der Waals surface area contributed by atoms with Crippen molar-refractivity contribution < 1.29 is 9.50 Å². The van der Waals surface area contributed by atoms with Crippen LogP contribution in [0, 0.1) is 11.7 Å². The predicted molar refractivity (Wildman–Crippen MR) is 75.0 cm³/mol. The Labute approximate surface area is 117 Å². The van der Waals surface area contributed by atoms with Gasteiger partial charge in [-0.05, 0) is 58.8 Å². The normalized spacial score (nSPS) is 19.5. The summed E-state index contributed by atoms with van der Waals surface area (Å²) in [6.07, 6.45) is 7.65. The van der Waals surface area contributed by atoms with Gasteiger partial charge in [-0.2, -0.15) is 0 Å². The lowest BCUT2D eigenvalue weighted by molar-refractivity contribution is 0.0986. The molecule has 0 radical (unpaired) electrons. The fraction of sp³-hybridized carbons (Fsp3) is 0.600. The SMILES string of the molecule is OC(Cc1ccc(F)c(Br)c1)C1CCCCCC1. The minimum absolute atomic E-state index is 0.247. The summed E-state index contributed by atoms with van der Waals surface area (Å²) < 4.78 is 13.6. The van der Waals surface area contributed by atoms with Crippen molar-refractivity contribution in [2.45, 2.75) is 51.0 Å². The largest absolute Gasteiger partial charge is 0.392 e. The Morgan fingerprint density at radius 3 is 2.50 bits per heavy atom. The fourth-order valence-electron chi connectivity index (χ4n) is 2.77. The van der Waals surface area contributed by atoms with Crippen molar-refractivity contribution in [3.05, 3.63) is 34.1 Å². The minimum atomic E-state index is -0.291. The van der Waals surface area contributed by atoms with Gasteiger partial charge in [-0.1, -0.05) is 31.7 Å². The molecule has 1 aliphatic carbocycles. The summed E-state index contributed by atoms with van der Waals surface area (Å²) in [5.41, 5.74) is 1.00. The summed E-state index contributed by atoms with van der Waals surface area (Å²) in [4.78, 5) is 0. The molecule has 1 N–H and O–H groups in total. The van der Waals surface area contributed by atoms with Gasteiger partial charge in [-0.15, -0.1) is 0 Å². The Morgan fingerprint density at radius 2 is 1.89 bits per heavy atom. The van der Waals surface area contributed by atoms with Gasteiger partial charge in [-0.25, -0.2) is 4.39 Å². The molecule has 1 fully saturated rings. The van der Waals surface area contributed by atoms with Crippen molar-refractivity contribution in [2.75, 3.05) is 0 Å². The van der Waals surface area contributed by atoms with Gasteiger partial charge in [-0.3, -0.25) is 0 Å². The molecular weight excluding hydrogens is 295 g/mol. The van der Waals surface area contributed by atoms with Gasteiger partial charge in [0, 0.05) is 0 Å². The molecule has 1 nitrogen and oxygen atoms in total. The van der Waals surface area contributed by atoms with Crippen LogP contribution in [0.2, 0.25) is 0 Å². The zero-order valence-electron chi connectivity index (χ0n) is 10.5. The highest BCUT2D eigenvalue weighted by Crippen LogP contribution is 2.27. The van der Waals surface area contributed by atoms with Crippen molar-refractivity contribution in [3.8, 4) is 0 Å². The monoisotopic (exact) mass is 314 g/mol. The molecule has 1 saturated carbocycles. The first-order valence-corrected chi connectivity index (χ1v) is 7.58. The zero-order chi connectivity index (χ0) is 13.0. The lowest BCUT2D eigenvalue weighted by Gasteiger charge is -2.21. The molecule has 0 amide bonds. The fourth-order valence-corrected chi connectivity index (χ4v) is 3.20. The molecule has 1 unspecified atom stereocenters. The summed E-state index contributed by atoms with van der Waals surface area (Å²) >= 11 is 3.19. The molecule has 0 aliphatic heterocycles. The van der Waals surface area contributed by atoms with Crippen LogP contribution >= 0.6 is 15.9 Å². The topological polar surface area (TPSA) is 20.2 Å². The molecule has 3 heteroatoms. The van der Waals surface area contributed by atoms with Gasteiger partial charge < -0.3 is 5.11 Å². The third kappa shape index (κ3) is 3.79. The standard InChI is InChI=1S/C15H20BrFO/c16-13-9-11(7-8-14(13)17)10-15(18)12-5-3-1-2-4-6-12/h7-9,12,15,18H,1-6,10H2. The van der Waals surface area contributed by atoms with Crippen LogP contribution in [0.15, 0.2) is 22.7 Å². The third-order valence-electron chi connectivity index (χ3n) is 3.87. The van der Waals surface area contributed by atoms with E-state index >= 15 is 0 Å². The van der Waals surface area contributed by atoms with Crippen LogP contribution in [0.3, 0.4) is 0 Å². The van der Waals surface area contributed by atoms with E-state index in [1.54, 1.807) is 12.1 Å². The Bertz CT molecular complexity index is 386. The Morgan fingerprint density at radius 1 is 1.22 bits per heavy atom. The highest BCUT2D eigenvalue weighted by atomic mass is 79.9. The average molecular weight is 315 g/mol. The molecule has 0 saturated heterocycles. The molecule has 1 aliphatic rings. The van der Waals surface area contributed by atoms with Crippen molar-refractivity contribution >= 4 is 15.9 Å². The summed E-state index contributed by atoms with van der Waals surface area (Å²) in [6.45, 7) is 0. The van der Waals surface area contributed by atoms with E-state index in [-0.39, 0.29) is 11.9 Å². The second-order valence-electron chi connectivity index (χ2n) is 5.27. The van der Waals surface area contributed by atoms with Crippen LogP contribution in [0.4, 0.5) is 4.39 Å². The maximum Gasteiger partial charge on any atom is 0.137 e. The van der Waals surface area contributed by atoms with Gasteiger partial charge in [0.25, 0.3) is 0 Å². The lowest BCUT2D eigenvalue weighted by atomic mass is 9.90.